The summed E-state index contributed by atoms with van der Waals surface area (Å²) in [6.07, 6.45) is 5.98. The highest BCUT2D eigenvalue weighted by molar-refractivity contribution is 6.35. The van der Waals surface area contributed by atoms with Crippen LogP contribution in [0.2, 0.25) is 0 Å². The van der Waals surface area contributed by atoms with Gasteiger partial charge in [0.2, 0.25) is 0 Å². The third kappa shape index (κ3) is 13.7. The van der Waals surface area contributed by atoms with Crippen LogP contribution in [0.4, 0.5) is 0 Å². The molecular formula is C63H62N4O6. The van der Waals surface area contributed by atoms with E-state index in [1.54, 1.807) is 14.2 Å². The minimum Gasteiger partial charge on any atom is -0.497 e. The van der Waals surface area contributed by atoms with Gasteiger partial charge in [-0.3, -0.25) is 19.2 Å². The predicted molar refractivity (Wildman–Crippen MR) is 291 cm³/mol. The molecule has 8 rings (SSSR count). The molecule has 0 atom stereocenters. The Balaban J connectivity index is 1.09. The van der Waals surface area contributed by atoms with Crippen LogP contribution in [0.15, 0.2) is 188 Å². The highest BCUT2D eigenvalue weighted by Crippen LogP contribution is 2.38. The van der Waals surface area contributed by atoms with Crippen LogP contribution < -0.4 is 30.7 Å². The predicted octanol–water partition coefficient (Wildman–Crippen LogP) is 11.1. The molecule has 0 saturated heterocycles. The summed E-state index contributed by atoms with van der Waals surface area (Å²) in [7, 11) is 3.29. The number of amides is 4. The average Bonchev–Trinajstić information content (AvgIpc) is 3.45. The van der Waals surface area contributed by atoms with Crippen LogP contribution >= 0.6 is 0 Å². The van der Waals surface area contributed by atoms with Crippen LogP contribution in [0.25, 0.3) is 33.4 Å². The largest absolute Gasteiger partial charge is 0.497 e. The van der Waals surface area contributed by atoms with Crippen molar-refractivity contribution in [1.82, 2.24) is 21.3 Å². The summed E-state index contributed by atoms with van der Waals surface area (Å²) < 4.78 is 11.1. The van der Waals surface area contributed by atoms with Crippen LogP contribution in [-0.2, 0) is 25.7 Å². The Hall–Kier alpha value is -8.50. The maximum absolute atomic E-state index is 13.1. The second-order valence-corrected chi connectivity index (χ2v) is 18.0. The molecule has 1 fully saturated rings. The van der Waals surface area contributed by atoms with Crippen LogP contribution in [0.1, 0.15) is 83.9 Å². The Kier molecular flexibility index (Phi) is 17.8. The monoisotopic (exact) mass is 970 g/mol. The molecule has 0 bridgehead atoms. The number of carbonyl (C=O) groups is 4. The van der Waals surface area contributed by atoms with Gasteiger partial charge in [0.05, 0.1) is 14.2 Å². The number of ether oxygens (including phenoxy) is 2. The van der Waals surface area contributed by atoms with Gasteiger partial charge in [-0.05, 0) is 122 Å². The minimum atomic E-state index is -0.693. The zero-order chi connectivity index (χ0) is 50.8. The molecule has 1 saturated carbocycles. The fraction of sp³-hybridized carbons (Fsp3) is 0.206. The standard InChI is InChI=1S/C63H62N4O6/c1-72-54-35-31-51(32-36-54)58(49-19-11-5-12-20-49)57(40-41-64-60(68)61(69)66-43-44-15-7-3-8-16-44)48-27-23-45(24-28-48)46-25-29-50(30-26-46)59(52-33-37-55(73-2)38-34-52)56(47-17-9-4-10-18-47)39-42-65-62(70)63(71)67-53-21-13-6-14-22-53/h3-5,7-12,15-20,23-38,53H,6,13-14,21-22,39-43H2,1-2H3,(H,64,68)(H,65,70)(H,66,69)(H,67,71)/b58-57-,59-56-. The lowest BCUT2D eigenvalue weighted by Gasteiger charge is -2.22. The van der Waals surface area contributed by atoms with E-state index in [4.69, 9.17) is 9.47 Å². The molecule has 1 aliphatic carbocycles. The third-order valence-corrected chi connectivity index (χ3v) is 13.3. The van der Waals surface area contributed by atoms with Crippen LogP contribution in [0, 0.1) is 0 Å². The minimum absolute atomic E-state index is 0.0415. The topological polar surface area (TPSA) is 135 Å². The lowest BCUT2D eigenvalue weighted by atomic mass is 9.86. The maximum Gasteiger partial charge on any atom is 0.309 e. The number of nitrogens with one attached hydrogen (secondary N) is 4. The molecule has 370 valence electrons. The van der Waals surface area contributed by atoms with Crippen molar-refractivity contribution in [3.63, 3.8) is 0 Å². The van der Waals surface area contributed by atoms with Gasteiger partial charge in [0.25, 0.3) is 0 Å². The van der Waals surface area contributed by atoms with E-state index in [2.05, 4.69) is 94.1 Å². The number of methoxy groups -OCH3 is 2. The Morgan fingerprint density at radius 2 is 0.781 bits per heavy atom. The number of hydrogen-bond donors (Lipinski definition) is 4. The first-order valence-corrected chi connectivity index (χ1v) is 25.0. The van der Waals surface area contributed by atoms with Gasteiger partial charge in [-0.15, -0.1) is 0 Å². The van der Waals surface area contributed by atoms with E-state index in [1.807, 2.05) is 115 Å². The summed E-state index contributed by atoms with van der Waals surface area (Å²) in [6, 6.07) is 62.7. The maximum atomic E-state index is 13.1. The highest BCUT2D eigenvalue weighted by atomic mass is 16.5. The molecule has 0 unspecified atom stereocenters. The SMILES string of the molecule is COc1ccc(/C(=C(/CCNC(=O)C(=O)NCc2ccccc2)c2ccc(-c3ccc(/C(=C(\CCNC(=O)C(=O)NC4CCCCC4)c4ccccc4)c4ccc(OC)cc4)cc3)cc2)c2ccccc2)cc1. The van der Waals surface area contributed by atoms with E-state index in [-0.39, 0.29) is 25.7 Å². The van der Waals surface area contributed by atoms with E-state index in [9.17, 15) is 19.2 Å². The van der Waals surface area contributed by atoms with E-state index < -0.39 is 23.6 Å². The Morgan fingerprint density at radius 1 is 0.411 bits per heavy atom. The summed E-state index contributed by atoms with van der Waals surface area (Å²) in [4.78, 5) is 52.0. The summed E-state index contributed by atoms with van der Waals surface area (Å²) in [6.45, 7) is 0.740. The number of hydrogen-bond acceptors (Lipinski definition) is 6. The summed E-state index contributed by atoms with van der Waals surface area (Å²) in [5.41, 5.74) is 12.9. The van der Waals surface area contributed by atoms with Crippen molar-refractivity contribution in [2.24, 2.45) is 0 Å². The van der Waals surface area contributed by atoms with Crippen molar-refractivity contribution in [1.29, 1.82) is 0 Å². The first-order valence-electron chi connectivity index (χ1n) is 25.0. The molecule has 10 heteroatoms. The van der Waals surface area contributed by atoms with Gasteiger partial charge >= 0.3 is 23.6 Å². The molecule has 7 aromatic rings. The third-order valence-electron chi connectivity index (χ3n) is 13.3. The molecule has 10 nitrogen and oxygen atoms in total. The van der Waals surface area contributed by atoms with Gasteiger partial charge < -0.3 is 30.7 Å². The lowest BCUT2D eigenvalue weighted by molar-refractivity contribution is -0.139. The quantitative estimate of drug-likeness (QED) is 0.0500. The van der Waals surface area contributed by atoms with Crippen molar-refractivity contribution in [2.45, 2.75) is 57.5 Å². The zero-order valence-corrected chi connectivity index (χ0v) is 41.5. The summed E-state index contributed by atoms with van der Waals surface area (Å²) in [5.74, 6) is -1.10. The molecule has 4 N–H and O–H groups in total. The Bertz CT molecular complexity index is 3000. The van der Waals surface area contributed by atoms with E-state index in [0.29, 0.717) is 12.8 Å². The first kappa shape index (κ1) is 50.9. The van der Waals surface area contributed by atoms with E-state index in [0.717, 1.165) is 116 Å². The molecule has 73 heavy (non-hydrogen) atoms. The van der Waals surface area contributed by atoms with E-state index >= 15 is 0 Å². The molecule has 0 aliphatic heterocycles. The van der Waals surface area contributed by atoms with Gasteiger partial charge in [0, 0.05) is 25.7 Å². The second kappa shape index (κ2) is 25.6. The first-order chi connectivity index (χ1) is 35.8. The molecule has 0 heterocycles. The normalized spacial score (nSPS) is 13.1. The number of rotatable bonds is 18. The molecule has 4 amide bonds. The van der Waals surface area contributed by atoms with Gasteiger partial charge in [-0.1, -0.05) is 183 Å². The Labute approximate surface area is 428 Å². The fourth-order valence-corrected chi connectivity index (χ4v) is 9.43. The summed E-state index contributed by atoms with van der Waals surface area (Å²) in [5, 5.41) is 11.4. The lowest BCUT2D eigenvalue weighted by Crippen LogP contribution is -2.45. The molecule has 0 radical (unpaired) electrons. The fourth-order valence-electron chi connectivity index (χ4n) is 9.43. The van der Waals surface area contributed by atoms with Crippen molar-refractivity contribution < 1.29 is 28.7 Å². The van der Waals surface area contributed by atoms with E-state index in [1.165, 1.54) is 0 Å². The molecular weight excluding hydrogens is 909 g/mol. The van der Waals surface area contributed by atoms with Crippen molar-refractivity contribution in [3.05, 3.63) is 227 Å². The van der Waals surface area contributed by atoms with Gasteiger partial charge in [-0.2, -0.15) is 0 Å². The van der Waals surface area contributed by atoms with Gasteiger partial charge in [0.15, 0.2) is 0 Å². The zero-order valence-electron chi connectivity index (χ0n) is 41.5. The highest BCUT2D eigenvalue weighted by Gasteiger charge is 2.22. The number of carbonyl (C=O) groups excluding carboxylic acids is 4. The summed E-state index contributed by atoms with van der Waals surface area (Å²) >= 11 is 0. The smallest absolute Gasteiger partial charge is 0.309 e. The van der Waals surface area contributed by atoms with Gasteiger partial charge in [0.1, 0.15) is 11.5 Å². The number of benzene rings is 7. The van der Waals surface area contributed by atoms with Gasteiger partial charge in [-0.25, -0.2) is 0 Å². The Morgan fingerprint density at radius 3 is 1.25 bits per heavy atom. The van der Waals surface area contributed by atoms with Crippen molar-refractivity contribution >= 4 is 45.9 Å². The van der Waals surface area contributed by atoms with Crippen LogP contribution in [-0.4, -0.2) is 57.0 Å². The average molecular weight is 971 g/mol. The second-order valence-electron chi connectivity index (χ2n) is 18.0. The molecule has 0 spiro atoms. The van der Waals surface area contributed by atoms with Crippen molar-refractivity contribution in [2.75, 3.05) is 27.3 Å². The van der Waals surface area contributed by atoms with Crippen molar-refractivity contribution in [3.8, 4) is 22.6 Å². The molecule has 0 aromatic heterocycles. The molecule has 1 aliphatic rings. The molecule has 7 aromatic carbocycles. The van der Waals surface area contributed by atoms with Crippen LogP contribution in [0.5, 0.6) is 11.5 Å². The van der Waals surface area contributed by atoms with Crippen LogP contribution in [0.3, 0.4) is 0 Å².